The van der Waals surface area contributed by atoms with Crippen molar-refractivity contribution in [2.45, 2.75) is 31.1 Å². The van der Waals surface area contributed by atoms with Gasteiger partial charge in [-0.3, -0.25) is 9.63 Å². The zero-order chi connectivity index (χ0) is 12.3. The number of hydrogen-bond donors (Lipinski definition) is 1. The van der Waals surface area contributed by atoms with Crippen molar-refractivity contribution in [3.63, 3.8) is 0 Å². The smallest absolute Gasteiger partial charge is 0.279 e. The van der Waals surface area contributed by atoms with E-state index in [9.17, 15) is 9.90 Å². The first kappa shape index (κ1) is 10.5. The van der Waals surface area contributed by atoms with E-state index in [4.69, 9.17) is 4.84 Å². The van der Waals surface area contributed by atoms with Crippen molar-refractivity contribution in [1.82, 2.24) is 5.06 Å². The molecule has 2 saturated carbocycles. The Kier molecular flexibility index (Phi) is 2.08. The van der Waals surface area contributed by atoms with Gasteiger partial charge in [-0.1, -0.05) is 30.3 Å². The molecule has 1 amide bonds. The summed E-state index contributed by atoms with van der Waals surface area (Å²) in [7, 11) is 0. The van der Waals surface area contributed by atoms with Crippen LogP contribution in [0.3, 0.4) is 0 Å². The van der Waals surface area contributed by atoms with E-state index in [2.05, 4.69) is 0 Å². The molecule has 18 heavy (non-hydrogen) atoms. The number of aliphatic hydroxyl groups is 1. The summed E-state index contributed by atoms with van der Waals surface area (Å²) in [6.07, 6.45) is 1.23. The number of carbonyl (C=O) groups is 1. The quantitative estimate of drug-likeness (QED) is 0.853. The van der Waals surface area contributed by atoms with E-state index in [1.165, 1.54) is 11.5 Å². The van der Waals surface area contributed by atoms with E-state index >= 15 is 0 Å². The van der Waals surface area contributed by atoms with E-state index in [0.717, 1.165) is 6.42 Å². The average molecular weight is 245 g/mol. The van der Waals surface area contributed by atoms with Gasteiger partial charge >= 0.3 is 0 Å². The minimum atomic E-state index is -1.11. The van der Waals surface area contributed by atoms with Gasteiger partial charge in [0.25, 0.3) is 5.91 Å². The van der Waals surface area contributed by atoms with E-state index in [-0.39, 0.29) is 18.1 Å². The highest BCUT2D eigenvalue weighted by molar-refractivity contribution is 5.81. The Morgan fingerprint density at radius 3 is 2.72 bits per heavy atom. The molecule has 1 aromatic carbocycles. The SMILES string of the molecule is O=C([C@H](O)c1ccccc1)N1O[C@H]2C[C@@H]1[C@@H]1C[C@@H]12. The predicted molar refractivity (Wildman–Crippen MR) is 63.1 cm³/mol. The third-order valence-electron chi connectivity index (χ3n) is 4.45. The van der Waals surface area contributed by atoms with Crippen LogP contribution in [0.2, 0.25) is 0 Å². The molecule has 94 valence electrons. The summed E-state index contributed by atoms with van der Waals surface area (Å²) in [5, 5.41) is 11.5. The minimum Gasteiger partial charge on any atom is -0.378 e. The van der Waals surface area contributed by atoms with Crippen LogP contribution in [0.5, 0.6) is 0 Å². The van der Waals surface area contributed by atoms with Gasteiger partial charge in [0.2, 0.25) is 0 Å². The molecule has 0 spiro atoms. The molecule has 0 unspecified atom stereocenters. The third-order valence-corrected chi connectivity index (χ3v) is 4.45. The summed E-state index contributed by atoms with van der Waals surface area (Å²) < 4.78 is 0. The van der Waals surface area contributed by atoms with Gasteiger partial charge in [0, 0.05) is 0 Å². The molecule has 1 saturated heterocycles. The second kappa shape index (κ2) is 3.56. The fraction of sp³-hybridized carbons (Fsp3) is 0.500. The molecule has 2 aliphatic carbocycles. The highest BCUT2D eigenvalue weighted by Crippen LogP contribution is 2.59. The second-order valence-electron chi connectivity index (χ2n) is 5.49. The van der Waals surface area contributed by atoms with Crippen LogP contribution in [0.4, 0.5) is 0 Å². The Hall–Kier alpha value is -1.39. The lowest BCUT2D eigenvalue weighted by molar-refractivity contribution is -0.208. The minimum absolute atomic E-state index is 0.200. The molecule has 1 heterocycles. The summed E-state index contributed by atoms with van der Waals surface area (Å²) in [5.74, 6) is 0.975. The number of benzene rings is 1. The van der Waals surface area contributed by atoms with Crippen LogP contribution < -0.4 is 0 Å². The van der Waals surface area contributed by atoms with Crippen molar-refractivity contribution >= 4 is 5.91 Å². The first-order valence-corrected chi connectivity index (χ1v) is 6.48. The summed E-state index contributed by atoms with van der Waals surface area (Å²) >= 11 is 0. The Morgan fingerprint density at radius 2 is 2.06 bits per heavy atom. The van der Waals surface area contributed by atoms with Crippen molar-refractivity contribution in [1.29, 1.82) is 0 Å². The molecule has 2 bridgehead atoms. The van der Waals surface area contributed by atoms with Crippen LogP contribution in [0, 0.1) is 11.8 Å². The van der Waals surface area contributed by atoms with Crippen LogP contribution >= 0.6 is 0 Å². The molecule has 4 nitrogen and oxygen atoms in total. The molecule has 4 heteroatoms. The van der Waals surface area contributed by atoms with Crippen molar-refractivity contribution in [2.75, 3.05) is 0 Å². The lowest BCUT2D eigenvalue weighted by Gasteiger charge is -2.27. The zero-order valence-corrected chi connectivity index (χ0v) is 9.90. The molecule has 1 aliphatic heterocycles. The van der Waals surface area contributed by atoms with Gasteiger partial charge in [0.05, 0.1) is 12.1 Å². The van der Waals surface area contributed by atoms with Gasteiger partial charge in [0.15, 0.2) is 6.10 Å². The highest BCUT2D eigenvalue weighted by atomic mass is 16.7. The molecular weight excluding hydrogens is 230 g/mol. The third kappa shape index (κ3) is 1.36. The molecule has 3 fully saturated rings. The summed E-state index contributed by atoms with van der Waals surface area (Å²) in [6, 6.07) is 9.22. The highest BCUT2D eigenvalue weighted by Gasteiger charge is 2.63. The molecule has 5 atom stereocenters. The van der Waals surface area contributed by atoms with Crippen LogP contribution in [0.1, 0.15) is 24.5 Å². The Bertz CT molecular complexity index is 489. The van der Waals surface area contributed by atoms with Gasteiger partial charge in [-0.2, -0.15) is 0 Å². The number of amides is 1. The van der Waals surface area contributed by atoms with Gasteiger partial charge in [-0.05, 0) is 30.2 Å². The molecule has 0 radical (unpaired) electrons. The van der Waals surface area contributed by atoms with Crippen molar-refractivity contribution in [2.24, 2.45) is 11.8 Å². The maximum Gasteiger partial charge on any atom is 0.279 e. The molecule has 1 N–H and O–H groups in total. The lowest BCUT2D eigenvalue weighted by atomic mass is 10.1. The van der Waals surface area contributed by atoms with Gasteiger partial charge < -0.3 is 5.11 Å². The Labute approximate surface area is 105 Å². The molecule has 0 aromatic heterocycles. The summed E-state index contributed by atoms with van der Waals surface area (Å²) in [6.45, 7) is 0. The zero-order valence-electron chi connectivity index (χ0n) is 9.90. The largest absolute Gasteiger partial charge is 0.378 e. The predicted octanol–water partition coefficient (Wildman–Crippen LogP) is 1.27. The van der Waals surface area contributed by atoms with E-state index < -0.39 is 6.10 Å². The lowest BCUT2D eigenvalue weighted by Crippen LogP contribution is -2.41. The number of fused-ring (bicyclic) bond motifs is 5. The number of aliphatic hydroxyl groups excluding tert-OH is 1. The molecule has 4 rings (SSSR count). The first-order valence-electron chi connectivity index (χ1n) is 6.48. The van der Waals surface area contributed by atoms with E-state index in [0.29, 0.717) is 17.4 Å². The fourth-order valence-corrected chi connectivity index (χ4v) is 3.42. The van der Waals surface area contributed by atoms with Crippen molar-refractivity contribution < 1.29 is 14.7 Å². The summed E-state index contributed by atoms with van der Waals surface area (Å²) in [5.41, 5.74) is 0.626. The molecule has 3 aliphatic rings. The number of nitrogens with zero attached hydrogens (tertiary/aromatic N) is 1. The Morgan fingerprint density at radius 1 is 1.28 bits per heavy atom. The maximum atomic E-state index is 12.3. The first-order chi connectivity index (χ1) is 8.75. The number of carbonyl (C=O) groups excluding carboxylic acids is 1. The van der Waals surface area contributed by atoms with Crippen LogP contribution in [0.25, 0.3) is 0 Å². The van der Waals surface area contributed by atoms with Crippen molar-refractivity contribution in [3.05, 3.63) is 35.9 Å². The summed E-state index contributed by atoms with van der Waals surface area (Å²) in [4.78, 5) is 17.9. The van der Waals surface area contributed by atoms with Gasteiger partial charge in [-0.25, -0.2) is 5.06 Å². The van der Waals surface area contributed by atoms with Crippen LogP contribution in [0.15, 0.2) is 30.3 Å². The number of hydroxylamine groups is 2. The maximum absolute atomic E-state index is 12.3. The Balaban J connectivity index is 1.54. The molecule has 1 aromatic rings. The van der Waals surface area contributed by atoms with Crippen molar-refractivity contribution in [3.8, 4) is 0 Å². The fourth-order valence-electron chi connectivity index (χ4n) is 3.42. The second-order valence-corrected chi connectivity index (χ2v) is 5.49. The standard InChI is InChI=1S/C14H15NO3/c16-13(8-4-2-1-3-5-8)14(17)15-11-7-12(18-15)10-6-9(10)11/h1-5,9-13,16H,6-7H2/t9-,10+,11-,12+,13-/m1/s1. The topological polar surface area (TPSA) is 49.8 Å². The normalized spacial score (nSPS) is 37.5. The molecular formula is C14H15NO3. The number of rotatable bonds is 2. The van der Waals surface area contributed by atoms with E-state index in [1.807, 2.05) is 18.2 Å². The van der Waals surface area contributed by atoms with Crippen LogP contribution in [-0.4, -0.2) is 28.2 Å². The van der Waals surface area contributed by atoms with E-state index in [1.54, 1.807) is 12.1 Å². The van der Waals surface area contributed by atoms with Gasteiger partial charge in [-0.15, -0.1) is 0 Å². The average Bonchev–Trinajstić information content (AvgIpc) is 3.03. The van der Waals surface area contributed by atoms with Gasteiger partial charge in [0.1, 0.15) is 0 Å². The van der Waals surface area contributed by atoms with Crippen LogP contribution in [-0.2, 0) is 9.63 Å². The number of hydrogen-bond acceptors (Lipinski definition) is 3. The monoisotopic (exact) mass is 245 g/mol.